The Morgan fingerprint density at radius 2 is 0.948 bits per heavy atom. The normalized spacial score (nSPS) is 14.3. The molecule has 58 heavy (non-hydrogen) atoms. The van der Waals surface area contributed by atoms with E-state index >= 15 is 0 Å². The number of carboxylic acid groups (broad SMARTS) is 1. The van der Waals surface area contributed by atoms with Crippen molar-refractivity contribution in [1.29, 1.82) is 0 Å². The van der Waals surface area contributed by atoms with Gasteiger partial charge in [-0.2, -0.15) is 0 Å². The van der Waals surface area contributed by atoms with Crippen molar-refractivity contribution in [2.75, 3.05) is 19.8 Å². The van der Waals surface area contributed by atoms with Crippen LogP contribution in [0.4, 0.5) is 0 Å². The summed E-state index contributed by atoms with van der Waals surface area (Å²) >= 11 is 0. The highest BCUT2D eigenvalue weighted by Gasteiger charge is 2.28. The lowest BCUT2D eigenvalue weighted by Gasteiger charge is -2.20. The van der Waals surface area contributed by atoms with Gasteiger partial charge in [0.1, 0.15) is 12.6 Å². The Kier molecular flexibility index (Phi) is 38.9. The summed E-state index contributed by atoms with van der Waals surface area (Å²) in [5.41, 5.74) is 5.33. The molecule has 3 atom stereocenters. The van der Waals surface area contributed by atoms with Gasteiger partial charge in [-0.05, 0) is 51.4 Å². The Labute approximate surface area is 351 Å². The van der Waals surface area contributed by atoms with Crippen molar-refractivity contribution in [2.24, 2.45) is 5.73 Å². The quantitative estimate of drug-likeness (QED) is 0.0231. The van der Waals surface area contributed by atoms with Gasteiger partial charge in [-0.25, -0.2) is 4.57 Å². The number of ether oxygens (including phenoxy) is 2. The molecule has 0 aromatic heterocycles. The molecule has 0 rings (SSSR count). The van der Waals surface area contributed by atoms with Crippen LogP contribution in [0.3, 0.4) is 0 Å². The van der Waals surface area contributed by atoms with E-state index in [0.717, 1.165) is 51.4 Å². The second-order valence-corrected chi connectivity index (χ2v) is 16.3. The summed E-state index contributed by atoms with van der Waals surface area (Å²) in [6, 6.07) is -1.53. The lowest BCUT2D eigenvalue weighted by atomic mass is 10.0. The van der Waals surface area contributed by atoms with Crippen LogP contribution in [0.1, 0.15) is 181 Å². The third kappa shape index (κ3) is 40.0. The standard InChI is InChI=1S/C46H80NO10P/c1-3-5-7-9-11-13-15-17-19-20-21-22-24-26-28-30-32-34-36-38-45(49)57-42(40-55-58(52,53)56-41-43(47)46(50)51)39-54-44(48)37-35-33-31-29-27-25-23-18-16-14-12-10-8-6-4-2/h11,13,17,19,21-22,26,28,32,34,42-43H,3-10,12,14-16,18,20,23-25,27,29-31,33,35-41,47H2,1-2H3,(H,50,51)(H,52,53). The Hall–Kier alpha value is -2.82. The average molecular weight is 838 g/mol. The molecule has 11 nitrogen and oxygen atoms in total. The fraction of sp³-hybridized carbons (Fsp3) is 0.717. The van der Waals surface area contributed by atoms with Crippen LogP contribution < -0.4 is 5.73 Å². The monoisotopic (exact) mass is 838 g/mol. The molecule has 0 saturated carbocycles. The van der Waals surface area contributed by atoms with E-state index < -0.39 is 51.1 Å². The van der Waals surface area contributed by atoms with Gasteiger partial charge in [-0.15, -0.1) is 0 Å². The van der Waals surface area contributed by atoms with Gasteiger partial charge < -0.3 is 25.2 Å². The maximum atomic E-state index is 12.6. The predicted octanol–water partition coefficient (Wildman–Crippen LogP) is 12.0. The Morgan fingerprint density at radius 1 is 0.534 bits per heavy atom. The van der Waals surface area contributed by atoms with Gasteiger partial charge in [0.05, 0.1) is 13.2 Å². The maximum Gasteiger partial charge on any atom is 0.472 e. The summed E-state index contributed by atoms with van der Waals surface area (Å²) < 4.78 is 32.6. The van der Waals surface area contributed by atoms with Crippen LogP contribution in [0.25, 0.3) is 0 Å². The zero-order chi connectivity index (χ0) is 42.8. The first-order valence-electron chi connectivity index (χ1n) is 22.3. The predicted molar refractivity (Wildman–Crippen MR) is 235 cm³/mol. The highest BCUT2D eigenvalue weighted by molar-refractivity contribution is 7.47. The van der Waals surface area contributed by atoms with Gasteiger partial charge in [-0.3, -0.25) is 23.4 Å². The zero-order valence-electron chi connectivity index (χ0n) is 36.1. The van der Waals surface area contributed by atoms with Gasteiger partial charge >= 0.3 is 25.7 Å². The van der Waals surface area contributed by atoms with Crippen molar-refractivity contribution in [1.82, 2.24) is 0 Å². The molecule has 334 valence electrons. The van der Waals surface area contributed by atoms with Crippen molar-refractivity contribution in [3.8, 4) is 0 Å². The first-order valence-corrected chi connectivity index (χ1v) is 23.8. The van der Waals surface area contributed by atoms with E-state index in [0.29, 0.717) is 12.8 Å². The second kappa shape index (κ2) is 40.9. The fourth-order valence-corrected chi connectivity index (χ4v) is 6.53. The molecule has 0 aromatic rings. The number of hydrogen-bond donors (Lipinski definition) is 3. The molecule has 0 spiro atoms. The lowest BCUT2D eigenvalue weighted by Crippen LogP contribution is -2.34. The summed E-state index contributed by atoms with van der Waals surface area (Å²) in [4.78, 5) is 45.9. The number of phosphoric ester groups is 1. The minimum Gasteiger partial charge on any atom is -0.480 e. The number of carboxylic acids is 1. The fourth-order valence-electron chi connectivity index (χ4n) is 5.75. The number of esters is 2. The van der Waals surface area contributed by atoms with E-state index in [1.54, 1.807) is 0 Å². The zero-order valence-corrected chi connectivity index (χ0v) is 37.0. The minimum atomic E-state index is -4.74. The number of phosphoric acid groups is 1. The molecule has 12 heteroatoms. The van der Waals surface area contributed by atoms with Crippen molar-refractivity contribution < 1.29 is 47.5 Å². The van der Waals surface area contributed by atoms with Gasteiger partial charge in [-0.1, -0.05) is 177 Å². The number of carbonyl (C=O) groups excluding carboxylic acids is 2. The van der Waals surface area contributed by atoms with Crippen LogP contribution in [-0.4, -0.2) is 59.9 Å². The number of hydrogen-bond acceptors (Lipinski definition) is 9. The number of unbranched alkanes of at least 4 members (excludes halogenated alkanes) is 17. The number of rotatable bonds is 41. The molecule has 0 aliphatic heterocycles. The second-order valence-electron chi connectivity index (χ2n) is 14.8. The molecule has 0 amide bonds. The largest absolute Gasteiger partial charge is 0.480 e. The van der Waals surface area contributed by atoms with Crippen LogP contribution in [0.2, 0.25) is 0 Å². The highest BCUT2D eigenvalue weighted by atomic mass is 31.2. The van der Waals surface area contributed by atoms with E-state index in [1.807, 2.05) is 12.2 Å². The van der Waals surface area contributed by atoms with E-state index in [9.17, 15) is 23.8 Å². The molecule has 0 aliphatic carbocycles. The van der Waals surface area contributed by atoms with Crippen LogP contribution >= 0.6 is 7.82 Å². The van der Waals surface area contributed by atoms with E-state index in [-0.39, 0.29) is 19.4 Å². The molecule has 0 aromatic carbocycles. The SMILES string of the molecule is CCCCCC=CCC=CCC=CCC=CCC=CCCC(=O)OC(COC(=O)CCCCCCCCCCCCCCCCC)COP(=O)(O)OCC(N)C(=O)O. The van der Waals surface area contributed by atoms with Crippen LogP contribution in [-0.2, 0) is 37.5 Å². The topological polar surface area (TPSA) is 172 Å². The first kappa shape index (κ1) is 55.2. The molecular formula is C46H80NO10P. The van der Waals surface area contributed by atoms with E-state index in [2.05, 4.69) is 67.0 Å². The first-order chi connectivity index (χ1) is 28.1. The van der Waals surface area contributed by atoms with Gasteiger partial charge in [0.15, 0.2) is 6.10 Å². The summed E-state index contributed by atoms with van der Waals surface area (Å²) in [6.07, 6.45) is 47.3. The number of aliphatic carboxylic acids is 1. The molecule has 4 N–H and O–H groups in total. The Morgan fingerprint density at radius 3 is 1.43 bits per heavy atom. The smallest absolute Gasteiger partial charge is 0.472 e. The van der Waals surface area contributed by atoms with Crippen molar-refractivity contribution in [3.05, 3.63) is 60.8 Å². The number of carbonyl (C=O) groups is 3. The minimum absolute atomic E-state index is 0.0371. The lowest BCUT2D eigenvalue weighted by molar-refractivity contribution is -0.161. The van der Waals surface area contributed by atoms with Crippen LogP contribution in [0.15, 0.2) is 60.8 Å². The maximum absolute atomic E-state index is 12.6. The van der Waals surface area contributed by atoms with Crippen molar-refractivity contribution >= 4 is 25.7 Å². The van der Waals surface area contributed by atoms with Crippen molar-refractivity contribution in [3.63, 3.8) is 0 Å². The average Bonchev–Trinajstić information content (AvgIpc) is 3.20. The summed E-state index contributed by atoms with van der Waals surface area (Å²) in [5.74, 6) is -2.48. The van der Waals surface area contributed by atoms with Gasteiger partial charge in [0.2, 0.25) is 0 Å². The molecule has 0 aliphatic rings. The third-order valence-electron chi connectivity index (χ3n) is 9.28. The third-order valence-corrected chi connectivity index (χ3v) is 10.2. The molecule has 0 fully saturated rings. The van der Waals surface area contributed by atoms with Crippen LogP contribution in [0, 0.1) is 0 Å². The summed E-state index contributed by atoms with van der Waals surface area (Å²) in [5, 5.41) is 8.89. The van der Waals surface area contributed by atoms with Crippen LogP contribution in [0.5, 0.6) is 0 Å². The molecule has 3 unspecified atom stereocenters. The summed E-state index contributed by atoms with van der Waals surface area (Å²) in [7, 11) is -4.74. The van der Waals surface area contributed by atoms with E-state index in [4.69, 9.17) is 24.8 Å². The molecule has 0 heterocycles. The Balaban J connectivity index is 4.48. The molecule has 0 bridgehead atoms. The molecule has 0 saturated heterocycles. The number of nitrogens with two attached hydrogens (primary N) is 1. The van der Waals surface area contributed by atoms with Gasteiger partial charge in [0.25, 0.3) is 0 Å². The van der Waals surface area contributed by atoms with E-state index in [1.165, 1.54) is 89.9 Å². The molecule has 0 radical (unpaired) electrons. The summed E-state index contributed by atoms with van der Waals surface area (Å²) in [6.45, 7) is 2.70. The highest BCUT2D eigenvalue weighted by Crippen LogP contribution is 2.43. The number of allylic oxidation sites excluding steroid dienone is 10. The Bertz CT molecular complexity index is 1210. The molecular weight excluding hydrogens is 757 g/mol. The van der Waals surface area contributed by atoms with Gasteiger partial charge in [0, 0.05) is 12.8 Å². The van der Waals surface area contributed by atoms with Crippen molar-refractivity contribution in [2.45, 2.75) is 193 Å².